The first-order valence-corrected chi connectivity index (χ1v) is 11.4. The number of fused-ring (bicyclic) bond motifs is 1. The summed E-state index contributed by atoms with van der Waals surface area (Å²) in [4.78, 5) is 35.4. The first-order chi connectivity index (χ1) is 16.3. The number of amides is 1. The van der Waals surface area contributed by atoms with E-state index in [1.807, 2.05) is 6.92 Å². The third-order valence-corrected chi connectivity index (χ3v) is 6.39. The maximum Gasteiger partial charge on any atom is 0.335 e. The van der Waals surface area contributed by atoms with E-state index in [0.29, 0.717) is 40.6 Å². The van der Waals surface area contributed by atoms with Gasteiger partial charge in [0.15, 0.2) is 17.8 Å². The van der Waals surface area contributed by atoms with Crippen LogP contribution in [0.15, 0.2) is 53.1 Å². The molecule has 0 saturated heterocycles. The molecular formula is C24H20ClNO7S. The van der Waals surface area contributed by atoms with E-state index in [1.165, 1.54) is 6.08 Å². The second kappa shape index (κ2) is 10.2. The number of rotatable bonds is 7. The Kier molecular flexibility index (Phi) is 7.14. The Balaban J connectivity index is 1.36. The minimum atomic E-state index is -1.01. The number of benzene rings is 2. The number of carbonyl (C=O) groups excluding carboxylic acids is 2. The zero-order chi connectivity index (χ0) is 24.2. The highest BCUT2D eigenvalue weighted by atomic mass is 35.5. The predicted octanol–water partition coefficient (Wildman–Crippen LogP) is 5.15. The van der Waals surface area contributed by atoms with Gasteiger partial charge in [-0.1, -0.05) is 17.7 Å². The van der Waals surface area contributed by atoms with Gasteiger partial charge in [-0.15, -0.1) is 0 Å². The predicted molar refractivity (Wildman–Crippen MR) is 126 cm³/mol. The van der Waals surface area contributed by atoms with Gasteiger partial charge in [0.05, 0.1) is 10.5 Å². The Hall–Kier alpha value is -3.43. The second-order valence-corrected chi connectivity index (χ2v) is 8.98. The van der Waals surface area contributed by atoms with Gasteiger partial charge in [0, 0.05) is 24.1 Å². The Morgan fingerprint density at radius 3 is 2.74 bits per heavy atom. The molecule has 0 radical (unpaired) electrons. The summed E-state index contributed by atoms with van der Waals surface area (Å²) in [7, 11) is 0. The summed E-state index contributed by atoms with van der Waals surface area (Å²) in [6.07, 6.45) is 4.01. The summed E-state index contributed by atoms with van der Waals surface area (Å²) in [6.45, 7) is 2.14. The van der Waals surface area contributed by atoms with Crippen LogP contribution in [0, 0.1) is 6.92 Å². The molecule has 8 nitrogen and oxygen atoms in total. The fourth-order valence-electron chi connectivity index (χ4n) is 3.52. The quantitative estimate of drug-likeness (QED) is 0.396. The van der Waals surface area contributed by atoms with Gasteiger partial charge in [-0.3, -0.25) is 9.59 Å². The molecule has 176 valence electrons. The highest BCUT2D eigenvalue weighted by Gasteiger charge is 2.23. The number of hydrogen-bond donors (Lipinski definition) is 2. The van der Waals surface area contributed by atoms with Crippen LogP contribution in [0.4, 0.5) is 4.79 Å². The summed E-state index contributed by atoms with van der Waals surface area (Å²) in [5.41, 5.74) is 2.50. The standard InChI is InChI=1S/C24H20ClNO7S/c1-13-2-3-14(23(28)29)6-18(13)20-5-4-16(33-20)8-17(11-27)34-24(30)26-10-15-7-21-22(9-19(15)25)32-12-31-21/h2-4,6-9,11,20H,5,10,12H2,1H3,(H,26,30)(H,28,29)/b17-8+. The molecule has 0 fully saturated rings. The van der Waals surface area contributed by atoms with Crippen molar-refractivity contribution in [3.63, 3.8) is 0 Å². The molecule has 2 aliphatic heterocycles. The van der Waals surface area contributed by atoms with Crippen molar-refractivity contribution in [3.8, 4) is 11.5 Å². The number of allylic oxidation sites excluding steroid dienone is 2. The number of ether oxygens (including phenoxy) is 3. The molecule has 0 bridgehead atoms. The van der Waals surface area contributed by atoms with Gasteiger partial charge in [0.25, 0.3) is 5.24 Å². The summed E-state index contributed by atoms with van der Waals surface area (Å²) in [5, 5.41) is 11.9. The number of halogens is 1. The summed E-state index contributed by atoms with van der Waals surface area (Å²) in [6, 6.07) is 8.20. The number of thioether (sulfide) groups is 1. The third kappa shape index (κ3) is 5.37. The van der Waals surface area contributed by atoms with Crippen LogP contribution < -0.4 is 14.8 Å². The zero-order valence-electron chi connectivity index (χ0n) is 18.0. The van der Waals surface area contributed by atoms with E-state index in [9.17, 15) is 19.5 Å². The van der Waals surface area contributed by atoms with Crippen molar-refractivity contribution in [1.82, 2.24) is 5.32 Å². The Morgan fingerprint density at radius 2 is 2.00 bits per heavy atom. The number of hydrogen-bond acceptors (Lipinski definition) is 7. The molecule has 1 unspecified atom stereocenters. The average molecular weight is 502 g/mol. The van der Waals surface area contributed by atoms with E-state index in [-0.39, 0.29) is 29.9 Å². The molecule has 34 heavy (non-hydrogen) atoms. The largest absolute Gasteiger partial charge is 0.486 e. The lowest BCUT2D eigenvalue weighted by Crippen LogP contribution is -2.18. The molecule has 2 aromatic carbocycles. The normalized spacial score (nSPS) is 16.6. The van der Waals surface area contributed by atoms with E-state index in [0.717, 1.165) is 22.9 Å². The van der Waals surface area contributed by atoms with Crippen molar-refractivity contribution in [3.05, 3.63) is 80.4 Å². The van der Waals surface area contributed by atoms with Gasteiger partial charge < -0.3 is 24.6 Å². The average Bonchev–Trinajstić information content (AvgIpc) is 3.46. The molecule has 2 aliphatic rings. The molecule has 10 heteroatoms. The minimum absolute atomic E-state index is 0.119. The van der Waals surface area contributed by atoms with Crippen molar-refractivity contribution < 1.29 is 33.7 Å². The summed E-state index contributed by atoms with van der Waals surface area (Å²) < 4.78 is 16.5. The fraction of sp³-hybridized carbons (Fsp3) is 0.208. The molecule has 2 aromatic rings. The van der Waals surface area contributed by atoms with Gasteiger partial charge in [-0.05, 0) is 65.7 Å². The second-order valence-electron chi connectivity index (χ2n) is 7.53. The Bertz CT molecular complexity index is 1220. The number of carbonyl (C=O) groups is 3. The molecule has 1 atom stereocenters. The molecule has 2 heterocycles. The SMILES string of the molecule is Cc1ccc(C(=O)O)cc1C1CC=C(/C=C(\C=O)SC(=O)NCc2cc3c(cc2Cl)OCO3)O1. The summed E-state index contributed by atoms with van der Waals surface area (Å²) in [5.74, 6) is 0.527. The third-order valence-electron chi connectivity index (χ3n) is 5.26. The van der Waals surface area contributed by atoms with Crippen LogP contribution in [0.25, 0.3) is 0 Å². The van der Waals surface area contributed by atoms with Crippen LogP contribution >= 0.6 is 23.4 Å². The molecule has 2 N–H and O–H groups in total. The molecule has 4 rings (SSSR count). The Morgan fingerprint density at radius 1 is 1.24 bits per heavy atom. The summed E-state index contributed by atoms with van der Waals surface area (Å²) >= 11 is 6.96. The van der Waals surface area contributed by atoms with Gasteiger partial charge in [-0.25, -0.2) is 4.79 Å². The van der Waals surface area contributed by atoms with Crippen molar-refractivity contribution in [2.75, 3.05) is 6.79 Å². The van der Waals surface area contributed by atoms with E-state index >= 15 is 0 Å². The molecule has 0 aliphatic carbocycles. The van der Waals surface area contributed by atoms with E-state index < -0.39 is 11.2 Å². The van der Waals surface area contributed by atoms with Crippen LogP contribution in [0.5, 0.6) is 11.5 Å². The van der Waals surface area contributed by atoms with Crippen molar-refractivity contribution in [1.29, 1.82) is 0 Å². The fourth-order valence-corrected chi connectivity index (χ4v) is 4.32. The van der Waals surface area contributed by atoms with Crippen LogP contribution in [-0.4, -0.2) is 29.4 Å². The molecule has 0 spiro atoms. The molecule has 1 amide bonds. The number of aryl methyl sites for hydroxylation is 1. The maximum absolute atomic E-state index is 12.4. The maximum atomic E-state index is 12.4. The highest BCUT2D eigenvalue weighted by molar-refractivity contribution is 8.17. The number of carboxylic acid groups (broad SMARTS) is 1. The number of carboxylic acids is 1. The zero-order valence-corrected chi connectivity index (χ0v) is 19.6. The first-order valence-electron chi connectivity index (χ1n) is 10.2. The van der Waals surface area contributed by atoms with Crippen LogP contribution in [-0.2, 0) is 16.1 Å². The topological polar surface area (TPSA) is 111 Å². The number of nitrogens with one attached hydrogen (secondary N) is 1. The van der Waals surface area contributed by atoms with Crippen LogP contribution in [0.3, 0.4) is 0 Å². The molecular weight excluding hydrogens is 482 g/mol. The van der Waals surface area contributed by atoms with Crippen LogP contribution in [0.2, 0.25) is 5.02 Å². The minimum Gasteiger partial charge on any atom is -0.486 e. The van der Waals surface area contributed by atoms with Gasteiger partial charge in [0.2, 0.25) is 6.79 Å². The number of aldehydes is 1. The first kappa shape index (κ1) is 23.7. The molecule has 0 aromatic heterocycles. The van der Waals surface area contributed by atoms with Crippen LogP contribution in [0.1, 0.15) is 39.6 Å². The lowest BCUT2D eigenvalue weighted by molar-refractivity contribution is -0.104. The van der Waals surface area contributed by atoms with Gasteiger partial charge >= 0.3 is 5.97 Å². The number of aromatic carboxylic acids is 1. The Labute approximate surface area is 204 Å². The molecule has 0 saturated carbocycles. The lowest BCUT2D eigenvalue weighted by atomic mass is 9.99. The monoisotopic (exact) mass is 501 g/mol. The van der Waals surface area contributed by atoms with E-state index in [1.54, 1.807) is 36.4 Å². The van der Waals surface area contributed by atoms with Crippen molar-refractivity contribution in [2.24, 2.45) is 0 Å². The van der Waals surface area contributed by atoms with Gasteiger partial charge in [0.1, 0.15) is 11.9 Å². The highest BCUT2D eigenvalue weighted by Crippen LogP contribution is 2.37. The lowest BCUT2D eigenvalue weighted by Gasteiger charge is -2.16. The van der Waals surface area contributed by atoms with E-state index in [2.05, 4.69) is 5.32 Å². The van der Waals surface area contributed by atoms with E-state index in [4.69, 9.17) is 25.8 Å². The van der Waals surface area contributed by atoms with Crippen molar-refractivity contribution >= 4 is 40.9 Å². The smallest absolute Gasteiger partial charge is 0.335 e. The van der Waals surface area contributed by atoms with Gasteiger partial charge in [-0.2, -0.15) is 0 Å². The van der Waals surface area contributed by atoms with Crippen molar-refractivity contribution in [2.45, 2.75) is 26.0 Å².